The molecule has 0 fully saturated rings. The molecule has 226 valence electrons. The van der Waals surface area contributed by atoms with E-state index in [0.29, 0.717) is 59.3 Å². The van der Waals surface area contributed by atoms with Crippen molar-refractivity contribution in [1.82, 2.24) is 14.5 Å². The number of nitro benzene ring substituents is 1. The highest BCUT2D eigenvalue weighted by Gasteiger charge is 2.34. The van der Waals surface area contributed by atoms with Crippen molar-refractivity contribution in [3.8, 4) is 5.75 Å². The van der Waals surface area contributed by atoms with Crippen molar-refractivity contribution in [3.63, 3.8) is 0 Å². The number of non-ortho nitro benzene ring substituents is 1. The average molecular weight is 697 g/mol. The fourth-order valence-corrected chi connectivity index (χ4v) is 7.09. The van der Waals surface area contributed by atoms with Crippen LogP contribution in [0.2, 0.25) is 0 Å². The van der Waals surface area contributed by atoms with E-state index < -0.39 is 22.5 Å². The average Bonchev–Trinajstić information content (AvgIpc) is 3.32. The Kier molecular flexibility index (Phi) is 9.71. The zero-order valence-electron chi connectivity index (χ0n) is 23.9. The predicted molar refractivity (Wildman–Crippen MR) is 170 cm³/mol. The fraction of sp³-hybridized carbons (Fsp3) is 0.233. The van der Waals surface area contributed by atoms with Gasteiger partial charge in [-0.15, -0.1) is 0 Å². The molecule has 44 heavy (non-hydrogen) atoms. The maximum Gasteiger partial charge on any atom is 0.338 e. The second kappa shape index (κ2) is 13.7. The molecule has 0 N–H and O–H groups in total. The highest BCUT2D eigenvalue weighted by atomic mass is 79.9. The third-order valence-corrected chi connectivity index (χ3v) is 9.21. The first kappa shape index (κ1) is 31.3. The largest absolute Gasteiger partial charge is 0.496 e. The molecule has 0 spiro atoms. The molecule has 0 amide bonds. The van der Waals surface area contributed by atoms with E-state index in [2.05, 4.69) is 25.9 Å². The molecule has 2 aromatic carbocycles. The molecule has 1 atom stereocenters. The molecule has 0 unspecified atom stereocenters. The number of esters is 1. The van der Waals surface area contributed by atoms with E-state index in [1.807, 2.05) is 13.0 Å². The number of hydrogen-bond donors (Lipinski definition) is 0. The lowest BCUT2D eigenvalue weighted by Crippen LogP contribution is -2.40. The van der Waals surface area contributed by atoms with E-state index in [4.69, 9.17) is 14.5 Å². The van der Waals surface area contributed by atoms with Gasteiger partial charge >= 0.3 is 5.97 Å². The highest BCUT2D eigenvalue weighted by molar-refractivity contribution is 9.10. The van der Waals surface area contributed by atoms with Crippen LogP contribution < -0.4 is 19.6 Å². The third kappa shape index (κ3) is 6.37. The summed E-state index contributed by atoms with van der Waals surface area (Å²) in [6.07, 6.45) is 6.02. The Morgan fingerprint density at radius 3 is 2.64 bits per heavy atom. The van der Waals surface area contributed by atoms with Crippen LogP contribution in [0.4, 0.5) is 5.69 Å². The molecule has 2 aromatic heterocycles. The van der Waals surface area contributed by atoms with Crippen LogP contribution in [0, 0.1) is 10.1 Å². The number of nitrogens with zero attached hydrogens (tertiary/aromatic N) is 5. The number of allylic oxidation sites excluding steroid dienone is 1. The maximum atomic E-state index is 14.2. The third-order valence-electron chi connectivity index (χ3n) is 6.62. The van der Waals surface area contributed by atoms with Crippen LogP contribution in [-0.2, 0) is 9.53 Å². The van der Waals surface area contributed by atoms with Gasteiger partial charge in [0, 0.05) is 29.4 Å². The van der Waals surface area contributed by atoms with Crippen molar-refractivity contribution in [1.29, 1.82) is 0 Å². The SMILES string of the molecule is CCCC1=C(C(=O)OCC)[C@@H](c2ccc(OC)c(Br)c2)n2c(s/c(=C/c3cc([N+](=O)[O-])ccc3Sc3ncccn3)c2=O)=N1. The van der Waals surface area contributed by atoms with Gasteiger partial charge in [-0.25, -0.2) is 19.8 Å². The van der Waals surface area contributed by atoms with Gasteiger partial charge in [-0.05, 0) is 82.5 Å². The summed E-state index contributed by atoms with van der Waals surface area (Å²) in [6, 6.07) is 10.7. The molecule has 0 saturated carbocycles. The Bertz CT molecular complexity index is 1960. The summed E-state index contributed by atoms with van der Waals surface area (Å²) in [7, 11) is 1.55. The number of ether oxygens (including phenoxy) is 2. The normalized spacial score (nSPS) is 14.6. The lowest BCUT2D eigenvalue weighted by Gasteiger charge is -2.26. The van der Waals surface area contributed by atoms with Crippen LogP contribution in [-0.4, -0.2) is 39.1 Å². The van der Waals surface area contributed by atoms with Crippen molar-refractivity contribution in [2.45, 2.75) is 42.8 Å². The van der Waals surface area contributed by atoms with Crippen molar-refractivity contribution in [2.75, 3.05) is 13.7 Å². The Labute approximate surface area is 268 Å². The van der Waals surface area contributed by atoms with Crippen LogP contribution in [0.3, 0.4) is 0 Å². The summed E-state index contributed by atoms with van der Waals surface area (Å²) in [5.41, 5.74) is 1.41. The van der Waals surface area contributed by atoms with Crippen LogP contribution in [0.1, 0.15) is 43.9 Å². The molecule has 11 nitrogen and oxygen atoms in total. The second-order valence-electron chi connectivity index (χ2n) is 9.42. The Morgan fingerprint density at radius 2 is 1.98 bits per heavy atom. The highest BCUT2D eigenvalue weighted by Crippen LogP contribution is 2.36. The summed E-state index contributed by atoms with van der Waals surface area (Å²) in [5, 5.41) is 12.1. The van der Waals surface area contributed by atoms with Crippen LogP contribution in [0.15, 0.2) is 90.4 Å². The van der Waals surface area contributed by atoms with E-state index in [1.165, 1.54) is 28.5 Å². The van der Waals surface area contributed by atoms with Crippen molar-refractivity contribution >= 4 is 56.8 Å². The minimum absolute atomic E-state index is 0.127. The van der Waals surface area contributed by atoms with Gasteiger partial charge in [-0.1, -0.05) is 30.7 Å². The first-order chi connectivity index (χ1) is 21.2. The Morgan fingerprint density at radius 1 is 1.20 bits per heavy atom. The molecule has 0 saturated heterocycles. The van der Waals surface area contributed by atoms with Crippen molar-refractivity contribution in [3.05, 3.63) is 112 Å². The van der Waals surface area contributed by atoms with Crippen molar-refractivity contribution < 1.29 is 19.2 Å². The minimum atomic E-state index is -0.826. The van der Waals surface area contributed by atoms with E-state index in [-0.39, 0.29) is 17.9 Å². The topological polar surface area (TPSA) is 139 Å². The number of carbonyl (C=O) groups excluding carboxylic acids is 1. The molecule has 5 rings (SSSR count). The molecule has 1 aliphatic heterocycles. The maximum absolute atomic E-state index is 14.2. The summed E-state index contributed by atoms with van der Waals surface area (Å²) in [5.74, 6) is 0.0425. The molecule has 14 heteroatoms. The lowest BCUT2D eigenvalue weighted by molar-refractivity contribution is -0.384. The molecular formula is C30H26BrN5O6S2. The number of fused-ring (bicyclic) bond motifs is 1. The van der Waals surface area contributed by atoms with E-state index in [0.717, 1.165) is 11.3 Å². The van der Waals surface area contributed by atoms with Gasteiger partial charge in [0.05, 0.1) is 45.0 Å². The van der Waals surface area contributed by atoms with Crippen LogP contribution in [0.25, 0.3) is 6.08 Å². The van der Waals surface area contributed by atoms with Gasteiger partial charge in [-0.3, -0.25) is 19.5 Å². The van der Waals surface area contributed by atoms with Crippen LogP contribution >= 0.6 is 39.0 Å². The standard InChI is InChI=1S/C30H26BrN5O6S2/c1-4-7-21-25(28(38)42-5-2)26(17-8-10-22(41-3)20(31)15-17)35-27(37)24(44-30(35)34-21)16-18-14-19(36(39)40)9-11-23(18)43-29-32-12-6-13-33-29/h6,8-16,26H,4-5,7H2,1-3H3/b24-16+/t26-/m1/s1. The second-order valence-corrected chi connectivity index (χ2v) is 12.3. The quantitative estimate of drug-likeness (QED) is 0.0948. The van der Waals surface area contributed by atoms with Gasteiger partial charge in [0.15, 0.2) is 9.96 Å². The van der Waals surface area contributed by atoms with Crippen molar-refractivity contribution in [2.24, 2.45) is 4.99 Å². The number of carbonyl (C=O) groups is 1. The van der Waals surface area contributed by atoms with E-state index in [9.17, 15) is 19.7 Å². The first-order valence-corrected chi connectivity index (χ1v) is 16.0. The number of hydrogen-bond acceptors (Lipinski definition) is 11. The number of aromatic nitrogens is 3. The van der Waals surface area contributed by atoms with Crippen LogP contribution in [0.5, 0.6) is 5.75 Å². The number of nitro groups is 1. The molecular weight excluding hydrogens is 670 g/mol. The lowest BCUT2D eigenvalue weighted by atomic mass is 9.94. The van der Waals surface area contributed by atoms with E-state index in [1.54, 1.807) is 56.8 Å². The number of benzene rings is 2. The van der Waals surface area contributed by atoms with Gasteiger partial charge in [0.2, 0.25) is 0 Å². The summed E-state index contributed by atoms with van der Waals surface area (Å²) in [6.45, 7) is 3.86. The summed E-state index contributed by atoms with van der Waals surface area (Å²) >= 11 is 5.90. The number of thiazole rings is 1. The Hall–Kier alpha value is -4.14. The number of methoxy groups -OCH3 is 1. The van der Waals surface area contributed by atoms with Gasteiger partial charge < -0.3 is 9.47 Å². The smallest absolute Gasteiger partial charge is 0.338 e. The molecule has 3 heterocycles. The minimum Gasteiger partial charge on any atom is -0.496 e. The molecule has 0 aliphatic carbocycles. The summed E-state index contributed by atoms with van der Waals surface area (Å²) in [4.78, 5) is 53.1. The molecule has 0 bridgehead atoms. The van der Waals surface area contributed by atoms with Gasteiger partial charge in [-0.2, -0.15) is 0 Å². The van der Waals surface area contributed by atoms with E-state index >= 15 is 0 Å². The number of halogens is 1. The predicted octanol–water partition coefficient (Wildman–Crippen LogP) is 5.20. The van der Waals surface area contributed by atoms with Gasteiger partial charge in [0.1, 0.15) is 5.75 Å². The fourth-order valence-electron chi connectivity index (χ4n) is 4.72. The first-order valence-electron chi connectivity index (χ1n) is 13.5. The van der Waals surface area contributed by atoms with Gasteiger partial charge in [0.25, 0.3) is 11.2 Å². The number of rotatable bonds is 10. The monoisotopic (exact) mass is 695 g/mol. The zero-order chi connectivity index (χ0) is 31.4. The Balaban J connectivity index is 1.75. The molecule has 0 radical (unpaired) electrons. The molecule has 1 aliphatic rings. The molecule has 4 aromatic rings. The zero-order valence-corrected chi connectivity index (χ0v) is 27.1. The summed E-state index contributed by atoms with van der Waals surface area (Å²) < 4.78 is 13.3.